The molecule has 0 N–H and O–H groups in total. The Labute approximate surface area is 156 Å². The predicted octanol–water partition coefficient (Wildman–Crippen LogP) is 6.96. The van der Waals surface area contributed by atoms with E-state index in [1.54, 1.807) is 6.92 Å². The summed E-state index contributed by atoms with van der Waals surface area (Å²) in [4.78, 5) is 11.6. The quantitative estimate of drug-likeness (QED) is 0.335. The Hall–Kier alpha value is -2.67. The van der Waals surface area contributed by atoms with Crippen LogP contribution in [0.5, 0.6) is 0 Å². The maximum atomic E-state index is 11.6. The van der Waals surface area contributed by atoms with Crippen LogP contribution >= 0.6 is 0 Å². The van der Waals surface area contributed by atoms with Crippen molar-refractivity contribution in [1.82, 2.24) is 0 Å². The van der Waals surface area contributed by atoms with Crippen LogP contribution in [0.15, 0.2) is 72.8 Å². The van der Waals surface area contributed by atoms with Crippen LogP contribution in [0.25, 0.3) is 22.3 Å². The third-order valence-electron chi connectivity index (χ3n) is 4.84. The van der Waals surface area contributed by atoms with E-state index in [-0.39, 0.29) is 5.78 Å². The zero-order valence-electron chi connectivity index (χ0n) is 15.7. The van der Waals surface area contributed by atoms with Crippen LogP contribution in [0.1, 0.15) is 49.0 Å². The molecule has 0 bridgehead atoms. The van der Waals surface area contributed by atoms with E-state index in [4.69, 9.17) is 0 Å². The van der Waals surface area contributed by atoms with E-state index >= 15 is 0 Å². The first kappa shape index (κ1) is 18.1. The molecule has 0 aromatic heterocycles. The first-order chi connectivity index (χ1) is 12.7. The Bertz CT molecular complexity index is 860. The summed E-state index contributed by atoms with van der Waals surface area (Å²) in [6.07, 6.45) is 4.84. The first-order valence-corrected chi connectivity index (χ1v) is 9.48. The van der Waals surface area contributed by atoms with Gasteiger partial charge in [0.15, 0.2) is 5.78 Å². The molecule has 0 atom stereocenters. The molecule has 0 saturated heterocycles. The first-order valence-electron chi connectivity index (χ1n) is 9.48. The molecule has 3 aromatic carbocycles. The Morgan fingerprint density at radius 3 is 2.12 bits per heavy atom. The fourth-order valence-corrected chi connectivity index (χ4v) is 3.32. The summed E-state index contributed by atoms with van der Waals surface area (Å²) in [5.74, 6) is 0.105. The molecule has 0 unspecified atom stereocenters. The number of aryl methyl sites for hydroxylation is 1. The van der Waals surface area contributed by atoms with Gasteiger partial charge in [-0.25, -0.2) is 0 Å². The van der Waals surface area contributed by atoms with Gasteiger partial charge >= 0.3 is 0 Å². The summed E-state index contributed by atoms with van der Waals surface area (Å²) in [5.41, 5.74) is 6.99. The number of benzene rings is 3. The molecule has 0 fully saturated rings. The fraction of sp³-hybridized carbons (Fsp3) is 0.240. The number of ketones is 1. The summed E-state index contributed by atoms with van der Waals surface area (Å²) in [6, 6.07) is 25.3. The minimum Gasteiger partial charge on any atom is -0.295 e. The van der Waals surface area contributed by atoms with Gasteiger partial charge in [0.2, 0.25) is 0 Å². The van der Waals surface area contributed by atoms with E-state index in [1.807, 2.05) is 18.2 Å². The fourth-order valence-electron chi connectivity index (χ4n) is 3.32. The lowest BCUT2D eigenvalue weighted by Gasteiger charge is -2.13. The normalized spacial score (nSPS) is 10.7. The maximum absolute atomic E-state index is 11.6. The molecular weight excluding hydrogens is 316 g/mol. The van der Waals surface area contributed by atoms with E-state index < -0.39 is 0 Å². The van der Waals surface area contributed by atoms with Crippen LogP contribution in [-0.4, -0.2) is 5.78 Å². The van der Waals surface area contributed by atoms with E-state index in [2.05, 4.69) is 61.5 Å². The number of unbranched alkanes of at least 4 members (excludes halogenated alkanes) is 2. The van der Waals surface area contributed by atoms with Gasteiger partial charge < -0.3 is 0 Å². The summed E-state index contributed by atoms with van der Waals surface area (Å²) >= 11 is 0. The summed E-state index contributed by atoms with van der Waals surface area (Å²) < 4.78 is 0. The van der Waals surface area contributed by atoms with Crippen LogP contribution in [0.3, 0.4) is 0 Å². The monoisotopic (exact) mass is 342 g/mol. The van der Waals surface area contributed by atoms with Crippen molar-refractivity contribution in [1.29, 1.82) is 0 Å². The zero-order valence-corrected chi connectivity index (χ0v) is 15.7. The highest BCUT2D eigenvalue weighted by atomic mass is 16.1. The number of hydrogen-bond acceptors (Lipinski definition) is 1. The van der Waals surface area contributed by atoms with Gasteiger partial charge in [0.25, 0.3) is 0 Å². The number of carbonyl (C=O) groups excluding carboxylic acids is 1. The van der Waals surface area contributed by atoms with Crippen molar-refractivity contribution in [2.24, 2.45) is 0 Å². The van der Waals surface area contributed by atoms with Crippen LogP contribution in [0.2, 0.25) is 0 Å². The molecule has 132 valence electrons. The lowest BCUT2D eigenvalue weighted by atomic mass is 9.91. The second-order valence-electron chi connectivity index (χ2n) is 6.84. The van der Waals surface area contributed by atoms with E-state index in [9.17, 15) is 4.79 Å². The van der Waals surface area contributed by atoms with Gasteiger partial charge in [0.05, 0.1) is 0 Å². The molecule has 0 aliphatic carbocycles. The lowest BCUT2D eigenvalue weighted by molar-refractivity contribution is 0.101. The van der Waals surface area contributed by atoms with Gasteiger partial charge in [0.1, 0.15) is 0 Å². The molecular formula is C25H26O. The Morgan fingerprint density at radius 2 is 1.46 bits per heavy atom. The summed E-state index contributed by atoms with van der Waals surface area (Å²) in [6.45, 7) is 3.85. The molecule has 0 aliphatic heterocycles. The highest BCUT2D eigenvalue weighted by molar-refractivity contribution is 5.95. The molecule has 1 nitrogen and oxygen atoms in total. The highest BCUT2D eigenvalue weighted by Crippen LogP contribution is 2.33. The molecule has 0 radical (unpaired) electrons. The molecule has 0 amide bonds. The average Bonchev–Trinajstić information content (AvgIpc) is 2.69. The lowest BCUT2D eigenvalue weighted by Crippen LogP contribution is -1.93. The van der Waals surface area contributed by atoms with E-state index in [0.717, 1.165) is 17.5 Å². The van der Waals surface area contributed by atoms with Crippen molar-refractivity contribution >= 4 is 5.78 Å². The van der Waals surface area contributed by atoms with Crippen LogP contribution in [0.4, 0.5) is 0 Å². The molecule has 1 heteroatoms. The average molecular weight is 342 g/mol. The van der Waals surface area contributed by atoms with Crippen molar-refractivity contribution in [3.63, 3.8) is 0 Å². The Balaban J connectivity index is 2.03. The van der Waals surface area contributed by atoms with E-state index in [1.165, 1.54) is 41.5 Å². The summed E-state index contributed by atoms with van der Waals surface area (Å²) in [5, 5.41) is 0. The Kier molecular flexibility index (Phi) is 6.01. The van der Waals surface area contributed by atoms with Crippen molar-refractivity contribution in [2.75, 3.05) is 0 Å². The van der Waals surface area contributed by atoms with Gasteiger partial charge in [-0.05, 0) is 47.6 Å². The summed E-state index contributed by atoms with van der Waals surface area (Å²) in [7, 11) is 0. The zero-order chi connectivity index (χ0) is 18.4. The maximum Gasteiger partial charge on any atom is 0.159 e. The van der Waals surface area contributed by atoms with Crippen molar-refractivity contribution in [3.05, 3.63) is 83.9 Å². The minimum absolute atomic E-state index is 0.105. The van der Waals surface area contributed by atoms with Crippen molar-refractivity contribution in [3.8, 4) is 22.3 Å². The molecule has 0 aliphatic rings. The third kappa shape index (κ3) is 4.29. The van der Waals surface area contributed by atoms with Gasteiger partial charge in [-0.3, -0.25) is 4.79 Å². The Morgan fingerprint density at radius 1 is 0.769 bits per heavy atom. The molecule has 0 heterocycles. The minimum atomic E-state index is 0.105. The predicted molar refractivity (Wildman–Crippen MR) is 111 cm³/mol. The van der Waals surface area contributed by atoms with Crippen molar-refractivity contribution < 1.29 is 4.79 Å². The van der Waals surface area contributed by atoms with E-state index in [0.29, 0.717) is 0 Å². The highest BCUT2D eigenvalue weighted by Gasteiger charge is 2.09. The van der Waals surface area contributed by atoms with Gasteiger partial charge in [-0.15, -0.1) is 0 Å². The van der Waals surface area contributed by atoms with Crippen molar-refractivity contribution in [2.45, 2.75) is 39.5 Å². The number of rotatable bonds is 7. The second-order valence-corrected chi connectivity index (χ2v) is 6.84. The SMILES string of the molecule is CCCCCc1ccc(-c2ccccc2)c(-c2ccc(C(C)=O)cc2)c1. The topological polar surface area (TPSA) is 17.1 Å². The molecule has 0 spiro atoms. The van der Waals surface area contributed by atoms with Crippen LogP contribution < -0.4 is 0 Å². The standard InChI is InChI=1S/C25H26O/c1-3-4-6-9-20-12-17-24(22-10-7-5-8-11-22)25(18-20)23-15-13-21(14-16-23)19(2)26/h5,7-8,10-18H,3-4,6,9H2,1-2H3. The number of Topliss-reactive ketones (excluding diaryl/α,β-unsaturated/α-hetero) is 1. The molecule has 26 heavy (non-hydrogen) atoms. The molecule has 3 aromatic rings. The number of hydrogen-bond donors (Lipinski definition) is 0. The third-order valence-corrected chi connectivity index (χ3v) is 4.84. The largest absolute Gasteiger partial charge is 0.295 e. The van der Waals surface area contributed by atoms with Crippen LogP contribution in [-0.2, 0) is 6.42 Å². The molecule has 3 rings (SSSR count). The van der Waals surface area contributed by atoms with Gasteiger partial charge in [-0.1, -0.05) is 92.6 Å². The van der Waals surface area contributed by atoms with Gasteiger partial charge in [0, 0.05) is 5.56 Å². The van der Waals surface area contributed by atoms with Crippen LogP contribution in [0, 0.1) is 0 Å². The molecule has 0 saturated carbocycles. The smallest absolute Gasteiger partial charge is 0.159 e. The van der Waals surface area contributed by atoms with Gasteiger partial charge in [-0.2, -0.15) is 0 Å². The second kappa shape index (κ2) is 8.62. The number of carbonyl (C=O) groups is 1.